The zero-order chi connectivity index (χ0) is 9.14. The average Bonchev–Trinajstić information content (AvgIpc) is 2.30. The Morgan fingerprint density at radius 2 is 2.42 bits per heavy atom. The summed E-state index contributed by atoms with van der Waals surface area (Å²) in [5.74, 6) is -0.923. The van der Waals surface area contributed by atoms with Crippen molar-refractivity contribution in [2.75, 3.05) is 7.11 Å². The summed E-state index contributed by atoms with van der Waals surface area (Å²) >= 11 is 0. The number of ketones is 1. The molecule has 0 aromatic heterocycles. The average molecular weight is 168 g/mol. The van der Waals surface area contributed by atoms with E-state index in [0.717, 1.165) is 12.2 Å². The smallest absolute Gasteiger partial charge is 0.330 e. The van der Waals surface area contributed by atoms with Gasteiger partial charge in [0, 0.05) is 24.1 Å². The maximum Gasteiger partial charge on any atom is 0.330 e. The predicted molar refractivity (Wildman–Crippen MR) is 40.4 cm³/mol. The third kappa shape index (κ3) is 1.72. The molecule has 0 aromatic carbocycles. The summed E-state index contributed by atoms with van der Waals surface area (Å²) in [4.78, 5) is 21.4. The van der Waals surface area contributed by atoms with Gasteiger partial charge >= 0.3 is 5.97 Å². The summed E-state index contributed by atoms with van der Waals surface area (Å²) < 4.78 is 4.33. The minimum absolute atomic E-state index is 0.0704. The molecule has 1 N–H and O–H groups in total. The molecule has 0 amide bonds. The molecule has 0 unspecified atom stereocenters. The van der Waals surface area contributed by atoms with Crippen molar-refractivity contribution in [3.63, 3.8) is 0 Å². The first-order valence-corrected chi connectivity index (χ1v) is 3.36. The number of hydrogen-bond acceptors (Lipinski definition) is 4. The fraction of sp³-hybridized carbons (Fsp3) is 0.250. The number of ether oxygens (including phenoxy) is 1. The SMILES string of the molecule is COC(=O)/C=C1\CC(=O)C=C1O. The Morgan fingerprint density at radius 3 is 2.83 bits per heavy atom. The second-order valence-electron chi connectivity index (χ2n) is 2.37. The van der Waals surface area contributed by atoms with Crippen molar-refractivity contribution in [1.29, 1.82) is 0 Å². The molecule has 12 heavy (non-hydrogen) atoms. The molecule has 0 saturated carbocycles. The van der Waals surface area contributed by atoms with Crippen LogP contribution in [-0.2, 0) is 14.3 Å². The van der Waals surface area contributed by atoms with Gasteiger partial charge in [0.05, 0.1) is 7.11 Å². The van der Waals surface area contributed by atoms with Crippen LogP contribution in [0.25, 0.3) is 0 Å². The van der Waals surface area contributed by atoms with Crippen LogP contribution in [0.4, 0.5) is 0 Å². The monoisotopic (exact) mass is 168 g/mol. The first-order chi connectivity index (χ1) is 5.63. The molecule has 0 atom stereocenters. The zero-order valence-electron chi connectivity index (χ0n) is 6.53. The van der Waals surface area contributed by atoms with Crippen molar-refractivity contribution in [3.8, 4) is 0 Å². The van der Waals surface area contributed by atoms with Crippen LogP contribution in [0.3, 0.4) is 0 Å². The Bertz CT molecular complexity index is 285. The number of aliphatic hydroxyl groups is 1. The molecular weight excluding hydrogens is 160 g/mol. The highest BCUT2D eigenvalue weighted by atomic mass is 16.5. The van der Waals surface area contributed by atoms with Gasteiger partial charge < -0.3 is 9.84 Å². The van der Waals surface area contributed by atoms with Gasteiger partial charge in [-0.15, -0.1) is 0 Å². The van der Waals surface area contributed by atoms with E-state index in [4.69, 9.17) is 5.11 Å². The molecule has 0 aliphatic heterocycles. The second-order valence-corrected chi connectivity index (χ2v) is 2.37. The summed E-state index contributed by atoms with van der Waals surface area (Å²) in [6.07, 6.45) is 2.27. The van der Waals surface area contributed by atoms with Gasteiger partial charge in [0.15, 0.2) is 5.78 Å². The number of rotatable bonds is 1. The molecule has 1 aliphatic rings. The van der Waals surface area contributed by atoms with E-state index in [1.807, 2.05) is 0 Å². The number of carbonyl (C=O) groups excluding carboxylic acids is 2. The highest BCUT2D eigenvalue weighted by Gasteiger charge is 2.18. The molecule has 0 radical (unpaired) electrons. The number of hydrogen-bond donors (Lipinski definition) is 1. The molecule has 0 saturated heterocycles. The van der Waals surface area contributed by atoms with Crippen LogP contribution in [0.15, 0.2) is 23.5 Å². The van der Waals surface area contributed by atoms with E-state index in [1.165, 1.54) is 7.11 Å². The quantitative estimate of drug-likeness (QED) is 0.457. The molecule has 4 heteroatoms. The zero-order valence-corrected chi connectivity index (χ0v) is 6.53. The molecular formula is C8H8O4. The van der Waals surface area contributed by atoms with E-state index in [2.05, 4.69) is 4.74 Å². The lowest BCUT2D eigenvalue weighted by atomic mass is 10.2. The summed E-state index contributed by atoms with van der Waals surface area (Å²) in [5, 5.41) is 9.07. The lowest BCUT2D eigenvalue weighted by Gasteiger charge is -1.95. The van der Waals surface area contributed by atoms with Crippen LogP contribution in [0.5, 0.6) is 0 Å². The van der Waals surface area contributed by atoms with Crippen LogP contribution in [-0.4, -0.2) is 24.0 Å². The summed E-state index contributed by atoms with van der Waals surface area (Å²) in [6.45, 7) is 0. The standard InChI is InChI=1S/C8H8O4/c1-12-8(11)3-5-2-6(9)4-7(5)10/h3-4,10H,2H2,1H3/b5-3+. The molecule has 0 aromatic rings. The van der Waals surface area contributed by atoms with Crippen LogP contribution in [0, 0.1) is 0 Å². The van der Waals surface area contributed by atoms with E-state index in [-0.39, 0.29) is 18.0 Å². The highest BCUT2D eigenvalue weighted by molar-refractivity contribution is 5.98. The van der Waals surface area contributed by atoms with Crippen molar-refractivity contribution in [1.82, 2.24) is 0 Å². The Kier molecular flexibility index (Phi) is 2.28. The van der Waals surface area contributed by atoms with Gasteiger partial charge in [-0.25, -0.2) is 4.79 Å². The minimum atomic E-state index is -0.570. The van der Waals surface area contributed by atoms with Gasteiger partial charge in [-0.05, 0) is 0 Å². The van der Waals surface area contributed by atoms with E-state index in [1.54, 1.807) is 0 Å². The van der Waals surface area contributed by atoms with Gasteiger partial charge in [-0.1, -0.05) is 0 Å². The maximum atomic E-state index is 10.7. The molecule has 64 valence electrons. The second kappa shape index (κ2) is 3.21. The fourth-order valence-corrected chi connectivity index (χ4v) is 0.901. The van der Waals surface area contributed by atoms with E-state index >= 15 is 0 Å². The van der Waals surface area contributed by atoms with Crippen molar-refractivity contribution >= 4 is 11.8 Å². The highest BCUT2D eigenvalue weighted by Crippen LogP contribution is 2.19. The van der Waals surface area contributed by atoms with Crippen LogP contribution in [0.2, 0.25) is 0 Å². The Hall–Kier alpha value is -1.58. The van der Waals surface area contributed by atoms with Crippen LogP contribution in [0.1, 0.15) is 6.42 Å². The third-order valence-corrected chi connectivity index (χ3v) is 1.48. The fourth-order valence-electron chi connectivity index (χ4n) is 0.901. The van der Waals surface area contributed by atoms with E-state index in [0.29, 0.717) is 5.57 Å². The number of methoxy groups -OCH3 is 1. The number of allylic oxidation sites excluding steroid dienone is 2. The number of esters is 1. The first-order valence-electron chi connectivity index (χ1n) is 3.36. The first kappa shape index (κ1) is 8.52. The van der Waals surface area contributed by atoms with Crippen molar-refractivity contribution in [2.45, 2.75) is 6.42 Å². The van der Waals surface area contributed by atoms with Gasteiger partial charge in [-0.3, -0.25) is 4.79 Å². The lowest BCUT2D eigenvalue weighted by molar-refractivity contribution is -0.134. The number of carbonyl (C=O) groups is 2. The van der Waals surface area contributed by atoms with E-state index in [9.17, 15) is 9.59 Å². The van der Waals surface area contributed by atoms with Crippen molar-refractivity contribution < 1.29 is 19.4 Å². The van der Waals surface area contributed by atoms with Gasteiger partial charge in [0.2, 0.25) is 0 Å². The normalized spacial score (nSPS) is 19.6. The molecule has 1 aliphatic carbocycles. The largest absolute Gasteiger partial charge is 0.508 e. The van der Waals surface area contributed by atoms with Crippen molar-refractivity contribution in [2.24, 2.45) is 0 Å². The molecule has 0 bridgehead atoms. The van der Waals surface area contributed by atoms with Gasteiger partial charge in [0.1, 0.15) is 5.76 Å². The minimum Gasteiger partial charge on any atom is -0.508 e. The Balaban J connectivity index is 2.79. The van der Waals surface area contributed by atoms with Gasteiger partial charge in [-0.2, -0.15) is 0 Å². The summed E-state index contributed by atoms with van der Waals surface area (Å²) in [7, 11) is 1.23. The Morgan fingerprint density at radius 1 is 1.75 bits per heavy atom. The van der Waals surface area contributed by atoms with Crippen LogP contribution >= 0.6 is 0 Å². The molecule has 0 fully saturated rings. The summed E-state index contributed by atoms with van der Waals surface area (Å²) in [5.41, 5.74) is 0.312. The van der Waals surface area contributed by atoms with Gasteiger partial charge in [0.25, 0.3) is 0 Å². The lowest BCUT2D eigenvalue weighted by Crippen LogP contribution is -1.97. The number of aliphatic hydroxyl groups excluding tert-OH is 1. The predicted octanol–water partition coefficient (Wildman–Crippen LogP) is 0.500. The molecule has 4 nitrogen and oxygen atoms in total. The molecule has 0 spiro atoms. The maximum absolute atomic E-state index is 10.7. The molecule has 1 rings (SSSR count). The van der Waals surface area contributed by atoms with Crippen molar-refractivity contribution in [3.05, 3.63) is 23.5 Å². The van der Waals surface area contributed by atoms with Crippen LogP contribution < -0.4 is 0 Å². The third-order valence-electron chi connectivity index (χ3n) is 1.48. The Labute approximate surface area is 69.1 Å². The van der Waals surface area contributed by atoms with E-state index < -0.39 is 5.97 Å². The topological polar surface area (TPSA) is 63.6 Å². The molecule has 0 heterocycles. The summed E-state index contributed by atoms with van der Waals surface area (Å²) in [6, 6.07) is 0.